The Morgan fingerprint density at radius 3 is 2.62 bits per heavy atom. The molecule has 1 aromatic carbocycles. The van der Waals surface area contributed by atoms with E-state index >= 15 is 0 Å². The lowest BCUT2D eigenvalue weighted by Gasteiger charge is -2.35. The molecular weight excluding hydrogens is 296 g/mol. The third-order valence-corrected chi connectivity index (χ3v) is 5.84. The standard InChI is InChI=1S/C21H28N2O/c1-13-4-6-19-17(9-13)18-10-16(5-7-20(18)22-19)21(24)23-11-14(2)8-15(3)12-23/h5,7,10,13-15,22H,4,6,8-9,11-12H2,1-3H3/t13-,14-,15+/m0/s1. The minimum Gasteiger partial charge on any atom is -0.358 e. The number of hydrogen-bond acceptors (Lipinski definition) is 1. The van der Waals surface area contributed by atoms with Crippen molar-refractivity contribution < 1.29 is 4.79 Å². The first-order chi connectivity index (χ1) is 11.5. The summed E-state index contributed by atoms with van der Waals surface area (Å²) in [4.78, 5) is 18.6. The number of nitrogens with one attached hydrogen (secondary N) is 1. The van der Waals surface area contributed by atoms with Gasteiger partial charge in [0.15, 0.2) is 0 Å². The van der Waals surface area contributed by atoms with E-state index in [-0.39, 0.29) is 5.91 Å². The van der Waals surface area contributed by atoms with E-state index in [1.165, 1.54) is 35.0 Å². The van der Waals surface area contributed by atoms with Crippen LogP contribution in [-0.2, 0) is 12.8 Å². The molecule has 2 heterocycles. The fourth-order valence-electron chi connectivity index (χ4n) is 4.74. The molecule has 1 saturated heterocycles. The summed E-state index contributed by atoms with van der Waals surface area (Å²) in [5.74, 6) is 2.14. The van der Waals surface area contributed by atoms with Gasteiger partial charge in [0.25, 0.3) is 5.91 Å². The zero-order valence-electron chi connectivity index (χ0n) is 15.1. The number of carbonyl (C=O) groups excluding carboxylic acids is 1. The normalized spacial score (nSPS) is 27.3. The lowest BCUT2D eigenvalue weighted by molar-refractivity contribution is 0.0623. The number of hydrogen-bond donors (Lipinski definition) is 1. The fourth-order valence-corrected chi connectivity index (χ4v) is 4.74. The number of aromatic nitrogens is 1. The van der Waals surface area contributed by atoms with E-state index in [4.69, 9.17) is 0 Å². The van der Waals surface area contributed by atoms with Gasteiger partial charge < -0.3 is 9.88 Å². The van der Waals surface area contributed by atoms with Gasteiger partial charge in [0.2, 0.25) is 0 Å². The highest BCUT2D eigenvalue weighted by molar-refractivity contribution is 5.99. The Kier molecular flexibility index (Phi) is 3.90. The molecule has 0 radical (unpaired) electrons. The number of amides is 1. The number of H-pyrrole nitrogens is 1. The SMILES string of the molecule is C[C@@H]1C[C@H](C)CN(C(=O)c2ccc3[nH]c4c(c3c2)C[C@@H](C)CC4)C1. The van der Waals surface area contributed by atoms with Gasteiger partial charge in [0, 0.05) is 35.2 Å². The second kappa shape index (κ2) is 5.94. The third kappa shape index (κ3) is 2.74. The van der Waals surface area contributed by atoms with Crippen molar-refractivity contribution in [3.8, 4) is 0 Å². The van der Waals surface area contributed by atoms with Crippen molar-refractivity contribution in [3.05, 3.63) is 35.0 Å². The van der Waals surface area contributed by atoms with Crippen molar-refractivity contribution in [1.82, 2.24) is 9.88 Å². The molecule has 0 bridgehead atoms. The number of benzene rings is 1. The van der Waals surface area contributed by atoms with Crippen molar-refractivity contribution in [2.24, 2.45) is 17.8 Å². The maximum absolute atomic E-state index is 13.0. The number of rotatable bonds is 1. The van der Waals surface area contributed by atoms with Gasteiger partial charge in [-0.25, -0.2) is 0 Å². The van der Waals surface area contributed by atoms with Crippen LogP contribution in [0.25, 0.3) is 10.9 Å². The Morgan fingerprint density at radius 2 is 1.88 bits per heavy atom. The smallest absolute Gasteiger partial charge is 0.253 e. The molecule has 0 spiro atoms. The predicted octanol–water partition coefficient (Wildman–Crippen LogP) is 4.41. The van der Waals surface area contributed by atoms with Crippen molar-refractivity contribution in [3.63, 3.8) is 0 Å². The summed E-state index contributed by atoms with van der Waals surface area (Å²) in [5.41, 5.74) is 4.86. The number of aryl methyl sites for hydroxylation is 1. The summed E-state index contributed by atoms with van der Waals surface area (Å²) in [6.07, 6.45) is 4.75. The molecule has 1 amide bonds. The highest BCUT2D eigenvalue weighted by Crippen LogP contribution is 2.32. The lowest BCUT2D eigenvalue weighted by atomic mass is 9.87. The van der Waals surface area contributed by atoms with Crippen LogP contribution in [0.2, 0.25) is 0 Å². The first-order valence-corrected chi connectivity index (χ1v) is 9.44. The van der Waals surface area contributed by atoms with Gasteiger partial charge in [-0.1, -0.05) is 20.8 Å². The maximum atomic E-state index is 13.0. The summed E-state index contributed by atoms with van der Waals surface area (Å²) in [6.45, 7) is 8.62. The van der Waals surface area contributed by atoms with Crippen LogP contribution in [0.15, 0.2) is 18.2 Å². The molecule has 24 heavy (non-hydrogen) atoms. The Morgan fingerprint density at radius 1 is 1.12 bits per heavy atom. The van der Waals surface area contributed by atoms with Gasteiger partial charge in [0.1, 0.15) is 0 Å². The van der Waals surface area contributed by atoms with Gasteiger partial charge in [0.05, 0.1) is 0 Å². The average Bonchev–Trinajstić information content (AvgIpc) is 2.90. The van der Waals surface area contributed by atoms with E-state index in [0.717, 1.165) is 37.4 Å². The topological polar surface area (TPSA) is 36.1 Å². The van der Waals surface area contributed by atoms with Crippen molar-refractivity contribution >= 4 is 16.8 Å². The number of aromatic amines is 1. The van der Waals surface area contributed by atoms with Crippen LogP contribution in [0.1, 0.15) is 55.2 Å². The van der Waals surface area contributed by atoms with Gasteiger partial charge >= 0.3 is 0 Å². The first kappa shape index (κ1) is 15.7. The molecule has 2 aromatic rings. The molecule has 1 fully saturated rings. The van der Waals surface area contributed by atoms with E-state index in [2.05, 4.69) is 42.8 Å². The molecule has 1 aromatic heterocycles. The number of piperidine rings is 1. The van der Waals surface area contributed by atoms with E-state index in [1.54, 1.807) is 0 Å². The highest BCUT2D eigenvalue weighted by atomic mass is 16.2. The molecule has 3 atom stereocenters. The Hall–Kier alpha value is -1.77. The zero-order valence-corrected chi connectivity index (χ0v) is 15.1. The summed E-state index contributed by atoms with van der Waals surface area (Å²) in [7, 11) is 0. The van der Waals surface area contributed by atoms with Crippen molar-refractivity contribution in [2.45, 2.75) is 46.5 Å². The van der Waals surface area contributed by atoms with Crippen LogP contribution in [-0.4, -0.2) is 28.9 Å². The second-order valence-electron chi connectivity index (χ2n) is 8.35. The Bertz CT molecular complexity index is 765. The summed E-state index contributed by atoms with van der Waals surface area (Å²) in [5, 5.41) is 1.26. The van der Waals surface area contributed by atoms with Gasteiger partial charge in [-0.3, -0.25) is 4.79 Å². The summed E-state index contributed by atoms with van der Waals surface area (Å²) < 4.78 is 0. The molecule has 1 aliphatic carbocycles. The van der Waals surface area contributed by atoms with E-state index in [0.29, 0.717) is 11.8 Å². The molecule has 0 saturated carbocycles. The quantitative estimate of drug-likeness (QED) is 0.828. The zero-order chi connectivity index (χ0) is 16.8. The molecule has 1 N–H and O–H groups in total. The van der Waals surface area contributed by atoms with Gasteiger partial charge in [-0.2, -0.15) is 0 Å². The van der Waals surface area contributed by atoms with Crippen molar-refractivity contribution in [1.29, 1.82) is 0 Å². The number of carbonyl (C=O) groups is 1. The molecule has 4 rings (SSSR count). The fraction of sp³-hybridized carbons (Fsp3) is 0.571. The largest absolute Gasteiger partial charge is 0.358 e. The van der Waals surface area contributed by atoms with Crippen LogP contribution in [0, 0.1) is 17.8 Å². The minimum absolute atomic E-state index is 0.203. The van der Waals surface area contributed by atoms with Crippen molar-refractivity contribution in [2.75, 3.05) is 13.1 Å². The molecule has 0 unspecified atom stereocenters. The van der Waals surface area contributed by atoms with E-state index < -0.39 is 0 Å². The first-order valence-electron chi connectivity index (χ1n) is 9.44. The molecule has 3 heteroatoms. The monoisotopic (exact) mass is 324 g/mol. The lowest BCUT2D eigenvalue weighted by Crippen LogP contribution is -2.42. The van der Waals surface area contributed by atoms with Crippen LogP contribution >= 0.6 is 0 Å². The molecule has 1 aliphatic heterocycles. The number of likely N-dealkylation sites (tertiary alicyclic amines) is 1. The maximum Gasteiger partial charge on any atom is 0.253 e. The summed E-state index contributed by atoms with van der Waals surface area (Å²) in [6, 6.07) is 6.23. The second-order valence-corrected chi connectivity index (χ2v) is 8.35. The van der Waals surface area contributed by atoms with Crippen LogP contribution in [0.5, 0.6) is 0 Å². The predicted molar refractivity (Wildman–Crippen MR) is 98.3 cm³/mol. The average molecular weight is 324 g/mol. The molecule has 2 aliphatic rings. The Labute approximate surface area is 144 Å². The highest BCUT2D eigenvalue weighted by Gasteiger charge is 2.27. The molecule has 3 nitrogen and oxygen atoms in total. The number of nitrogens with zero attached hydrogens (tertiary/aromatic N) is 1. The van der Waals surface area contributed by atoms with E-state index in [1.807, 2.05) is 6.07 Å². The summed E-state index contributed by atoms with van der Waals surface area (Å²) >= 11 is 0. The minimum atomic E-state index is 0.203. The van der Waals surface area contributed by atoms with Crippen LogP contribution in [0.3, 0.4) is 0 Å². The van der Waals surface area contributed by atoms with Gasteiger partial charge in [-0.05, 0) is 67.2 Å². The Balaban J connectivity index is 1.67. The molecular formula is C21H28N2O. The third-order valence-electron chi connectivity index (χ3n) is 5.84. The van der Waals surface area contributed by atoms with Gasteiger partial charge in [-0.15, -0.1) is 0 Å². The van der Waals surface area contributed by atoms with E-state index in [9.17, 15) is 4.79 Å². The number of fused-ring (bicyclic) bond motifs is 3. The van der Waals surface area contributed by atoms with Crippen LogP contribution in [0.4, 0.5) is 0 Å². The molecule has 128 valence electrons. The van der Waals surface area contributed by atoms with Crippen LogP contribution < -0.4 is 0 Å².